The highest BCUT2D eigenvalue weighted by Crippen LogP contribution is 2.36. The van der Waals surface area contributed by atoms with Gasteiger partial charge in [-0.25, -0.2) is 0 Å². The normalized spacial score (nSPS) is 14.7. The van der Waals surface area contributed by atoms with Gasteiger partial charge in [0.15, 0.2) is 0 Å². The molecule has 0 unspecified atom stereocenters. The average Bonchev–Trinajstić information content (AvgIpc) is 3.47. The number of hydrogen-bond donors (Lipinski definition) is 3. The number of rotatable bonds is 3. The van der Waals surface area contributed by atoms with Gasteiger partial charge >= 0.3 is 0 Å². The lowest BCUT2D eigenvalue weighted by Crippen LogP contribution is -2.03. The molecule has 3 N–H and O–H groups in total. The van der Waals surface area contributed by atoms with Gasteiger partial charge in [-0.05, 0) is 53.9 Å². The Bertz CT molecular complexity index is 1470. The SMILES string of the molecule is O=C1Nc2ccc(N=Cc3cc4ccccc4[nH]3)cc2C1=Cc1cc2ccccc2[nH]1. The third kappa shape index (κ3) is 3.13. The van der Waals surface area contributed by atoms with E-state index in [1.54, 1.807) is 0 Å². The third-order valence-electron chi connectivity index (χ3n) is 5.54. The number of hydrogen-bond acceptors (Lipinski definition) is 2. The van der Waals surface area contributed by atoms with E-state index < -0.39 is 0 Å². The minimum absolute atomic E-state index is 0.106. The largest absolute Gasteiger partial charge is 0.355 e. The zero-order valence-corrected chi connectivity index (χ0v) is 16.5. The molecular weight excluding hydrogens is 384 g/mol. The van der Waals surface area contributed by atoms with Crippen molar-refractivity contribution >= 4 is 57.0 Å². The first kappa shape index (κ1) is 17.5. The summed E-state index contributed by atoms with van der Waals surface area (Å²) in [6, 6.07) is 26.1. The van der Waals surface area contributed by atoms with Crippen molar-refractivity contribution in [2.45, 2.75) is 0 Å². The Morgan fingerprint density at radius 1 is 0.742 bits per heavy atom. The van der Waals surface area contributed by atoms with E-state index in [-0.39, 0.29) is 5.91 Å². The highest BCUT2D eigenvalue weighted by Gasteiger charge is 2.24. The summed E-state index contributed by atoms with van der Waals surface area (Å²) in [7, 11) is 0. The molecule has 2 aromatic heterocycles. The van der Waals surface area contributed by atoms with Crippen LogP contribution in [0.2, 0.25) is 0 Å². The number of aromatic amines is 2. The molecule has 31 heavy (non-hydrogen) atoms. The predicted molar refractivity (Wildman–Crippen MR) is 127 cm³/mol. The van der Waals surface area contributed by atoms with Gasteiger partial charge in [0.25, 0.3) is 5.91 Å². The second-order valence-electron chi connectivity index (χ2n) is 7.62. The van der Waals surface area contributed by atoms with Gasteiger partial charge in [0, 0.05) is 33.4 Å². The van der Waals surface area contributed by atoms with Crippen LogP contribution in [0.5, 0.6) is 0 Å². The molecule has 0 bridgehead atoms. The molecule has 6 rings (SSSR count). The van der Waals surface area contributed by atoms with Crippen LogP contribution in [0.15, 0.2) is 83.9 Å². The maximum absolute atomic E-state index is 12.6. The molecule has 5 nitrogen and oxygen atoms in total. The van der Waals surface area contributed by atoms with E-state index in [1.165, 1.54) is 0 Å². The van der Waals surface area contributed by atoms with Gasteiger partial charge in [-0.15, -0.1) is 0 Å². The minimum atomic E-state index is -0.106. The first-order valence-corrected chi connectivity index (χ1v) is 10.1. The van der Waals surface area contributed by atoms with Crippen molar-refractivity contribution in [1.82, 2.24) is 9.97 Å². The average molecular weight is 402 g/mol. The maximum atomic E-state index is 12.6. The summed E-state index contributed by atoms with van der Waals surface area (Å²) in [5.41, 5.74) is 7.03. The number of aromatic nitrogens is 2. The van der Waals surface area contributed by atoms with Crippen LogP contribution in [0.3, 0.4) is 0 Å². The topological polar surface area (TPSA) is 73.0 Å². The van der Waals surface area contributed by atoms with Crippen LogP contribution >= 0.6 is 0 Å². The van der Waals surface area contributed by atoms with Crippen LogP contribution < -0.4 is 5.32 Å². The smallest absolute Gasteiger partial charge is 0.256 e. The van der Waals surface area contributed by atoms with Crippen molar-refractivity contribution in [3.8, 4) is 0 Å². The Kier molecular flexibility index (Phi) is 3.86. The molecule has 1 aliphatic rings. The highest BCUT2D eigenvalue weighted by atomic mass is 16.2. The molecule has 0 radical (unpaired) electrons. The lowest BCUT2D eigenvalue weighted by Gasteiger charge is -2.00. The number of carbonyl (C=O) groups is 1. The summed E-state index contributed by atoms with van der Waals surface area (Å²) >= 11 is 0. The lowest BCUT2D eigenvalue weighted by atomic mass is 10.1. The molecule has 0 spiro atoms. The summed E-state index contributed by atoms with van der Waals surface area (Å²) in [6.45, 7) is 0. The monoisotopic (exact) mass is 402 g/mol. The molecule has 0 atom stereocenters. The molecule has 0 fully saturated rings. The number of nitrogens with one attached hydrogen (secondary N) is 3. The molecule has 3 heterocycles. The van der Waals surface area contributed by atoms with Crippen molar-refractivity contribution in [2.24, 2.45) is 4.99 Å². The number of anilines is 1. The maximum Gasteiger partial charge on any atom is 0.256 e. The molecule has 0 saturated heterocycles. The van der Waals surface area contributed by atoms with Crippen LogP contribution in [-0.2, 0) is 4.79 Å². The highest BCUT2D eigenvalue weighted by molar-refractivity contribution is 6.35. The van der Waals surface area contributed by atoms with Crippen molar-refractivity contribution in [3.63, 3.8) is 0 Å². The fourth-order valence-electron chi connectivity index (χ4n) is 4.04. The van der Waals surface area contributed by atoms with Crippen molar-refractivity contribution in [2.75, 3.05) is 5.32 Å². The molecule has 148 valence electrons. The quantitative estimate of drug-likeness (QED) is 0.255. The van der Waals surface area contributed by atoms with Crippen molar-refractivity contribution in [1.29, 1.82) is 0 Å². The standard InChI is InChI=1S/C26H18N4O/c31-26-22(14-19-11-16-5-1-3-7-23(16)28-19)21-13-18(9-10-25(21)30-26)27-15-20-12-17-6-2-4-8-24(17)29-20/h1-15,28-29H,(H,30,31). The van der Waals surface area contributed by atoms with E-state index >= 15 is 0 Å². The number of nitrogens with zero attached hydrogens (tertiary/aromatic N) is 1. The van der Waals surface area contributed by atoms with Gasteiger partial charge in [0.2, 0.25) is 0 Å². The summed E-state index contributed by atoms with van der Waals surface area (Å²) in [5.74, 6) is -0.106. The fraction of sp³-hybridized carbons (Fsp3) is 0. The Hall–Kier alpha value is -4.38. The number of carbonyl (C=O) groups excluding carboxylic acids is 1. The van der Waals surface area contributed by atoms with Gasteiger partial charge in [-0.3, -0.25) is 9.79 Å². The van der Waals surface area contributed by atoms with Crippen LogP contribution in [0.4, 0.5) is 11.4 Å². The molecule has 5 aromatic rings. The Morgan fingerprint density at radius 2 is 1.42 bits per heavy atom. The van der Waals surface area contributed by atoms with Crippen molar-refractivity contribution < 1.29 is 4.79 Å². The number of benzene rings is 3. The zero-order valence-electron chi connectivity index (χ0n) is 16.5. The van der Waals surface area contributed by atoms with Gasteiger partial charge in [0.05, 0.1) is 23.2 Å². The van der Waals surface area contributed by atoms with E-state index in [0.29, 0.717) is 5.57 Å². The van der Waals surface area contributed by atoms with Crippen LogP contribution in [0, 0.1) is 0 Å². The first-order chi connectivity index (χ1) is 15.2. The lowest BCUT2D eigenvalue weighted by molar-refractivity contribution is -0.110. The number of fused-ring (bicyclic) bond motifs is 3. The van der Waals surface area contributed by atoms with E-state index in [1.807, 2.05) is 79.0 Å². The summed E-state index contributed by atoms with van der Waals surface area (Å²) in [6.07, 6.45) is 3.71. The van der Waals surface area contributed by atoms with Gasteiger partial charge < -0.3 is 15.3 Å². The van der Waals surface area contributed by atoms with Gasteiger partial charge in [-0.1, -0.05) is 36.4 Å². The first-order valence-electron chi connectivity index (χ1n) is 10.1. The Labute approximate surface area is 178 Å². The van der Waals surface area contributed by atoms with E-state index in [9.17, 15) is 4.79 Å². The van der Waals surface area contributed by atoms with Gasteiger partial charge in [0.1, 0.15) is 0 Å². The second-order valence-corrected chi connectivity index (χ2v) is 7.62. The molecule has 5 heteroatoms. The number of amides is 1. The van der Waals surface area contributed by atoms with Crippen LogP contribution in [0.25, 0.3) is 33.5 Å². The molecule has 0 aliphatic carbocycles. The number of H-pyrrole nitrogens is 2. The fourth-order valence-corrected chi connectivity index (χ4v) is 4.04. The Balaban J connectivity index is 1.35. The summed E-state index contributed by atoms with van der Waals surface area (Å²) in [4.78, 5) is 23.9. The Morgan fingerprint density at radius 3 is 2.16 bits per heavy atom. The third-order valence-corrected chi connectivity index (χ3v) is 5.54. The van der Waals surface area contributed by atoms with Gasteiger partial charge in [-0.2, -0.15) is 0 Å². The van der Waals surface area contributed by atoms with Crippen LogP contribution in [0.1, 0.15) is 17.0 Å². The number of aliphatic imine (C=N–C) groups is 1. The van der Waals surface area contributed by atoms with E-state index in [4.69, 9.17) is 0 Å². The summed E-state index contributed by atoms with van der Waals surface area (Å²) < 4.78 is 0. The second kappa shape index (κ2) is 6.85. The molecular formula is C26H18N4O. The van der Waals surface area contributed by atoms with E-state index in [0.717, 1.165) is 50.1 Å². The van der Waals surface area contributed by atoms with Crippen molar-refractivity contribution in [3.05, 3.63) is 95.8 Å². The summed E-state index contributed by atoms with van der Waals surface area (Å²) in [5, 5.41) is 5.21. The molecule has 3 aromatic carbocycles. The number of para-hydroxylation sites is 2. The van der Waals surface area contributed by atoms with E-state index in [2.05, 4.69) is 32.4 Å². The van der Waals surface area contributed by atoms with Crippen LogP contribution in [-0.4, -0.2) is 22.1 Å². The molecule has 0 saturated carbocycles. The molecule has 1 aliphatic heterocycles. The zero-order chi connectivity index (χ0) is 20.8. The molecule has 1 amide bonds. The predicted octanol–water partition coefficient (Wildman–Crippen LogP) is 5.89. The minimum Gasteiger partial charge on any atom is -0.355 e.